The molecular weight excluding hydrogens is 280 g/mol. The van der Waals surface area contributed by atoms with Crippen LogP contribution in [0.1, 0.15) is 0 Å². The van der Waals surface area contributed by atoms with E-state index in [1.165, 1.54) is 11.5 Å². The third-order valence-corrected chi connectivity index (χ3v) is 3.31. The van der Waals surface area contributed by atoms with Gasteiger partial charge in [-0.15, -0.1) is 0 Å². The molecule has 0 aliphatic carbocycles. The van der Waals surface area contributed by atoms with Crippen LogP contribution in [0.15, 0.2) is 54.6 Å². The highest BCUT2D eigenvalue weighted by atomic mass is 35.5. The fourth-order valence-electron chi connectivity index (χ4n) is 1.56. The SMILES string of the molecule is Clc1ccc(Oc2nc(-c3ccccc3)ns2)cc1. The Bertz CT molecular complexity index is 667. The van der Waals surface area contributed by atoms with Gasteiger partial charge >= 0.3 is 0 Å². The summed E-state index contributed by atoms with van der Waals surface area (Å²) in [5, 5.41) is 1.19. The summed E-state index contributed by atoms with van der Waals surface area (Å²) in [7, 11) is 0. The maximum atomic E-state index is 5.82. The number of halogens is 1. The van der Waals surface area contributed by atoms with Gasteiger partial charge in [0.15, 0.2) is 5.82 Å². The fraction of sp³-hybridized carbons (Fsp3) is 0. The fourth-order valence-corrected chi connectivity index (χ4v) is 2.26. The summed E-state index contributed by atoms with van der Waals surface area (Å²) in [6, 6.07) is 16.9. The van der Waals surface area contributed by atoms with Gasteiger partial charge in [0.1, 0.15) is 5.75 Å². The van der Waals surface area contributed by atoms with E-state index in [1.807, 2.05) is 30.3 Å². The molecule has 0 spiro atoms. The van der Waals surface area contributed by atoms with E-state index in [-0.39, 0.29) is 0 Å². The predicted octanol–water partition coefficient (Wildman–Crippen LogP) is 4.65. The zero-order chi connectivity index (χ0) is 13.1. The molecule has 0 radical (unpaired) electrons. The normalized spacial score (nSPS) is 10.4. The number of aromatic nitrogens is 2. The third-order valence-electron chi connectivity index (χ3n) is 2.46. The summed E-state index contributed by atoms with van der Waals surface area (Å²) in [6.45, 7) is 0. The first-order valence-corrected chi connectivity index (χ1v) is 6.79. The van der Waals surface area contributed by atoms with Gasteiger partial charge in [0, 0.05) is 22.1 Å². The number of ether oxygens (including phenoxy) is 1. The monoisotopic (exact) mass is 288 g/mol. The number of nitrogens with zero attached hydrogens (tertiary/aromatic N) is 2. The molecule has 2 aromatic carbocycles. The van der Waals surface area contributed by atoms with E-state index >= 15 is 0 Å². The molecule has 0 aliphatic heterocycles. The zero-order valence-corrected chi connectivity index (χ0v) is 11.4. The minimum Gasteiger partial charge on any atom is -0.430 e. The molecule has 1 aromatic heterocycles. The van der Waals surface area contributed by atoms with Gasteiger partial charge in [-0.05, 0) is 24.3 Å². The summed E-state index contributed by atoms with van der Waals surface area (Å²) >= 11 is 7.04. The summed E-state index contributed by atoms with van der Waals surface area (Å²) in [4.78, 5) is 4.35. The molecule has 5 heteroatoms. The number of hydrogen-bond donors (Lipinski definition) is 0. The lowest BCUT2D eigenvalue weighted by atomic mass is 10.2. The van der Waals surface area contributed by atoms with Gasteiger partial charge in [0.25, 0.3) is 5.19 Å². The minimum absolute atomic E-state index is 0.515. The van der Waals surface area contributed by atoms with Gasteiger partial charge in [-0.3, -0.25) is 0 Å². The Kier molecular flexibility index (Phi) is 3.44. The molecule has 0 fully saturated rings. The van der Waals surface area contributed by atoms with Crippen LogP contribution in [-0.4, -0.2) is 9.36 Å². The quantitative estimate of drug-likeness (QED) is 0.703. The molecule has 19 heavy (non-hydrogen) atoms. The van der Waals surface area contributed by atoms with E-state index < -0.39 is 0 Å². The average molecular weight is 289 g/mol. The van der Waals surface area contributed by atoms with Crippen molar-refractivity contribution in [3.05, 3.63) is 59.6 Å². The molecule has 0 N–H and O–H groups in total. The van der Waals surface area contributed by atoms with Crippen molar-refractivity contribution in [1.29, 1.82) is 0 Å². The molecule has 0 saturated heterocycles. The molecule has 0 atom stereocenters. The van der Waals surface area contributed by atoms with Crippen molar-refractivity contribution in [3.63, 3.8) is 0 Å². The minimum atomic E-state index is 0.515. The molecule has 1 heterocycles. The summed E-state index contributed by atoms with van der Waals surface area (Å²) in [5.74, 6) is 1.37. The highest BCUT2D eigenvalue weighted by Crippen LogP contribution is 2.27. The van der Waals surface area contributed by atoms with E-state index in [2.05, 4.69) is 9.36 Å². The Morgan fingerprint density at radius 1 is 0.947 bits per heavy atom. The van der Waals surface area contributed by atoms with Crippen LogP contribution in [0.5, 0.6) is 10.9 Å². The lowest BCUT2D eigenvalue weighted by Crippen LogP contribution is -1.83. The van der Waals surface area contributed by atoms with Crippen LogP contribution in [0.2, 0.25) is 5.02 Å². The molecule has 0 amide bonds. The van der Waals surface area contributed by atoms with Crippen molar-refractivity contribution < 1.29 is 4.74 Å². The van der Waals surface area contributed by atoms with E-state index in [0.717, 1.165) is 5.56 Å². The Hall–Kier alpha value is -1.91. The molecule has 94 valence electrons. The lowest BCUT2D eigenvalue weighted by Gasteiger charge is -2.00. The van der Waals surface area contributed by atoms with Gasteiger partial charge in [-0.2, -0.15) is 9.36 Å². The van der Waals surface area contributed by atoms with Crippen LogP contribution < -0.4 is 4.74 Å². The number of rotatable bonds is 3. The summed E-state index contributed by atoms with van der Waals surface area (Å²) < 4.78 is 9.90. The molecule has 0 saturated carbocycles. The Balaban J connectivity index is 1.80. The second kappa shape index (κ2) is 5.38. The highest BCUT2D eigenvalue weighted by molar-refractivity contribution is 7.07. The first-order valence-electron chi connectivity index (χ1n) is 5.64. The van der Waals surface area contributed by atoms with Gasteiger partial charge in [0.2, 0.25) is 0 Å². The van der Waals surface area contributed by atoms with Crippen molar-refractivity contribution in [2.75, 3.05) is 0 Å². The predicted molar refractivity (Wildman–Crippen MR) is 76.9 cm³/mol. The Morgan fingerprint density at radius 2 is 1.68 bits per heavy atom. The van der Waals surface area contributed by atoms with Crippen LogP contribution in [-0.2, 0) is 0 Å². The highest BCUT2D eigenvalue weighted by Gasteiger charge is 2.07. The topological polar surface area (TPSA) is 35.0 Å². The molecule has 3 aromatic rings. The second-order valence-electron chi connectivity index (χ2n) is 3.81. The molecule has 0 unspecified atom stereocenters. The van der Waals surface area contributed by atoms with Gasteiger partial charge in [-0.25, -0.2) is 0 Å². The summed E-state index contributed by atoms with van der Waals surface area (Å²) in [5.41, 5.74) is 0.977. The Labute approximate surface area is 119 Å². The van der Waals surface area contributed by atoms with Crippen LogP contribution >= 0.6 is 23.1 Å². The van der Waals surface area contributed by atoms with Crippen molar-refractivity contribution in [1.82, 2.24) is 9.36 Å². The summed E-state index contributed by atoms with van der Waals surface area (Å²) in [6.07, 6.45) is 0. The first kappa shape index (κ1) is 12.1. The average Bonchev–Trinajstić information content (AvgIpc) is 2.91. The standard InChI is InChI=1S/C14H9ClN2OS/c15-11-6-8-12(9-7-11)18-14-16-13(17-19-14)10-4-2-1-3-5-10/h1-9H. The van der Waals surface area contributed by atoms with Gasteiger partial charge < -0.3 is 4.74 Å². The Morgan fingerprint density at radius 3 is 2.42 bits per heavy atom. The van der Waals surface area contributed by atoms with E-state index in [1.54, 1.807) is 24.3 Å². The van der Waals surface area contributed by atoms with Crippen molar-refractivity contribution in [2.45, 2.75) is 0 Å². The third kappa shape index (κ3) is 2.92. The van der Waals surface area contributed by atoms with Crippen molar-refractivity contribution >= 4 is 23.1 Å². The molecular formula is C14H9ClN2OS. The smallest absolute Gasteiger partial charge is 0.299 e. The molecule has 0 aliphatic rings. The number of hydrogen-bond acceptors (Lipinski definition) is 4. The first-order chi connectivity index (χ1) is 9.31. The zero-order valence-electron chi connectivity index (χ0n) is 9.79. The van der Waals surface area contributed by atoms with Crippen molar-refractivity contribution in [3.8, 4) is 22.3 Å². The molecule has 3 nitrogen and oxygen atoms in total. The molecule has 0 bridgehead atoms. The lowest BCUT2D eigenvalue weighted by molar-refractivity contribution is 0.479. The van der Waals surface area contributed by atoms with Crippen LogP contribution in [0.3, 0.4) is 0 Å². The van der Waals surface area contributed by atoms with E-state index in [4.69, 9.17) is 16.3 Å². The van der Waals surface area contributed by atoms with Crippen LogP contribution in [0.25, 0.3) is 11.4 Å². The second-order valence-corrected chi connectivity index (χ2v) is 4.96. The van der Waals surface area contributed by atoms with Crippen LogP contribution in [0, 0.1) is 0 Å². The molecule has 3 rings (SSSR count). The van der Waals surface area contributed by atoms with Crippen LogP contribution in [0.4, 0.5) is 0 Å². The maximum absolute atomic E-state index is 5.82. The maximum Gasteiger partial charge on any atom is 0.299 e. The van der Waals surface area contributed by atoms with E-state index in [0.29, 0.717) is 21.8 Å². The van der Waals surface area contributed by atoms with Gasteiger partial charge in [-0.1, -0.05) is 41.9 Å². The van der Waals surface area contributed by atoms with Crippen molar-refractivity contribution in [2.24, 2.45) is 0 Å². The largest absolute Gasteiger partial charge is 0.430 e. The van der Waals surface area contributed by atoms with E-state index in [9.17, 15) is 0 Å². The van der Waals surface area contributed by atoms with Gasteiger partial charge in [0.05, 0.1) is 0 Å². The number of benzene rings is 2.